The summed E-state index contributed by atoms with van der Waals surface area (Å²) in [7, 11) is 0. The highest BCUT2D eigenvalue weighted by atomic mass is 79.9. The fourth-order valence-electron chi connectivity index (χ4n) is 1.49. The fourth-order valence-corrected chi connectivity index (χ4v) is 2.70. The van der Waals surface area contributed by atoms with Gasteiger partial charge in [0.05, 0.1) is 10.7 Å². The Hall–Kier alpha value is -1.000. The average molecular weight is 310 g/mol. The first-order valence-electron chi connectivity index (χ1n) is 5.35. The molecule has 1 heterocycles. The van der Waals surface area contributed by atoms with Crippen LogP contribution in [0, 0.1) is 0 Å². The third kappa shape index (κ3) is 3.48. The van der Waals surface area contributed by atoms with E-state index in [1.54, 1.807) is 18.3 Å². The van der Waals surface area contributed by atoms with Crippen molar-refractivity contribution in [3.8, 4) is 11.3 Å². The highest BCUT2D eigenvalue weighted by Gasteiger charge is 2.05. The van der Waals surface area contributed by atoms with Crippen LogP contribution in [-0.4, -0.2) is 10.8 Å². The summed E-state index contributed by atoms with van der Waals surface area (Å²) in [5.41, 5.74) is 2.08. The topological polar surface area (TPSA) is 30.0 Å². The zero-order chi connectivity index (χ0) is 12.3. The summed E-state index contributed by atoms with van der Waals surface area (Å²) < 4.78 is 1.05. The van der Waals surface area contributed by atoms with Crippen molar-refractivity contribution < 1.29 is 4.79 Å². The number of halogens is 1. The molecule has 2 rings (SSSR count). The van der Waals surface area contributed by atoms with E-state index in [-0.39, 0.29) is 5.78 Å². The lowest BCUT2D eigenvalue weighted by molar-refractivity contribution is -0.116. The maximum Gasteiger partial charge on any atom is 0.130 e. The molecule has 0 unspecified atom stereocenters. The molecule has 88 valence electrons. The number of hydrogen-bond donors (Lipinski definition) is 0. The molecule has 0 saturated carbocycles. The van der Waals surface area contributed by atoms with Crippen LogP contribution in [0.2, 0.25) is 0 Å². The van der Waals surface area contributed by atoms with Crippen molar-refractivity contribution in [1.29, 1.82) is 0 Å². The van der Waals surface area contributed by atoms with Crippen molar-refractivity contribution >= 4 is 33.0 Å². The average Bonchev–Trinajstić information content (AvgIpc) is 2.75. The SMILES string of the molecule is CC(=O)CCc1nc(-c2cccc(Br)c2)cs1. The molecule has 0 saturated heterocycles. The van der Waals surface area contributed by atoms with E-state index in [1.807, 2.05) is 29.6 Å². The Morgan fingerprint density at radius 1 is 1.47 bits per heavy atom. The molecule has 0 fully saturated rings. The number of nitrogens with zero attached hydrogens (tertiary/aromatic N) is 1. The van der Waals surface area contributed by atoms with Crippen LogP contribution in [0.5, 0.6) is 0 Å². The lowest BCUT2D eigenvalue weighted by Gasteiger charge is -1.97. The van der Waals surface area contributed by atoms with Crippen molar-refractivity contribution in [2.45, 2.75) is 19.8 Å². The van der Waals surface area contributed by atoms with Crippen molar-refractivity contribution in [2.75, 3.05) is 0 Å². The third-order valence-corrected chi connectivity index (χ3v) is 3.76. The van der Waals surface area contributed by atoms with E-state index in [4.69, 9.17) is 0 Å². The van der Waals surface area contributed by atoms with E-state index in [2.05, 4.69) is 20.9 Å². The molecular formula is C13H12BrNOS. The molecule has 2 aromatic rings. The van der Waals surface area contributed by atoms with Crippen molar-refractivity contribution in [2.24, 2.45) is 0 Å². The van der Waals surface area contributed by atoms with Crippen molar-refractivity contribution in [3.63, 3.8) is 0 Å². The molecule has 0 aliphatic rings. The number of aromatic nitrogens is 1. The summed E-state index contributed by atoms with van der Waals surface area (Å²) >= 11 is 5.06. The Kier molecular flexibility index (Phi) is 4.07. The van der Waals surface area contributed by atoms with E-state index in [0.29, 0.717) is 6.42 Å². The van der Waals surface area contributed by atoms with Gasteiger partial charge in [0, 0.05) is 28.3 Å². The quantitative estimate of drug-likeness (QED) is 0.851. The van der Waals surface area contributed by atoms with Crippen LogP contribution >= 0.6 is 27.3 Å². The van der Waals surface area contributed by atoms with Gasteiger partial charge in [-0.2, -0.15) is 0 Å². The molecule has 4 heteroatoms. The molecule has 0 aliphatic heterocycles. The van der Waals surface area contributed by atoms with E-state index in [1.165, 1.54) is 0 Å². The summed E-state index contributed by atoms with van der Waals surface area (Å²) in [6.07, 6.45) is 1.32. The minimum absolute atomic E-state index is 0.212. The highest BCUT2D eigenvalue weighted by Crippen LogP contribution is 2.25. The predicted molar refractivity (Wildman–Crippen MR) is 74.3 cm³/mol. The number of carbonyl (C=O) groups excluding carboxylic acids is 1. The number of Topliss-reactive ketones (excluding diaryl/α,β-unsaturated/α-hetero) is 1. The Balaban J connectivity index is 2.15. The Labute approximate surface area is 113 Å². The van der Waals surface area contributed by atoms with Gasteiger partial charge in [0.15, 0.2) is 0 Å². The molecule has 0 N–H and O–H groups in total. The summed E-state index contributed by atoms with van der Waals surface area (Å²) in [4.78, 5) is 15.4. The predicted octanol–water partition coefficient (Wildman–Crippen LogP) is 4.09. The number of ketones is 1. The molecule has 0 bridgehead atoms. The van der Waals surface area contributed by atoms with Gasteiger partial charge in [-0.3, -0.25) is 0 Å². The number of hydrogen-bond acceptors (Lipinski definition) is 3. The molecule has 0 aliphatic carbocycles. The first-order chi connectivity index (χ1) is 8.15. The number of aryl methyl sites for hydroxylation is 1. The zero-order valence-corrected chi connectivity index (χ0v) is 11.8. The van der Waals surface area contributed by atoms with Crippen LogP contribution < -0.4 is 0 Å². The van der Waals surface area contributed by atoms with Crippen LogP contribution in [0.25, 0.3) is 11.3 Å². The van der Waals surface area contributed by atoms with E-state index >= 15 is 0 Å². The molecule has 1 aromatic carbocycles. The normalized spacial score (nSPS) is 10.5. The van der Waals surface area contributed by atoms with Gasteiger partial charge in [0.1, 0.15) is 5.78 Å². The van der Waals surface area contributed by atoms with Gasteiger partial charge < -0.3 is 4.79 Å². The fraction of sp³-hybridized carbons (Fsp3) is 0.231. The van der Waals surface area contributed by atoms with E-state index in [0.717, 1.165) is 27.2 Å². The Morgan fingerprint density at radius 2 is 2.29 bits per heavy atom. The van der Waals surface area contributed by atoms with Crippen LogP contribution in [0.1, 0.15) is 18.4 Å². The van der Waals surface area contributed by atoms with Crippen LogP contribution in [0.4, 0.5) is 0 Å². The minimum Gasteiger partial charge on any atom is -0.300 e. The lowest BCUT2D eigenvalue weighted by atomic mass is 10.2. The second-order valence-electron chi connectivity index (χ2n) is 3.84. The van der Waals surface area contributed by atoms with Gasteiger partial charge in [0.25, 0.3) is 0 Å². The van der Waals surface area contributed by atoms with Gasteiger partial charge in [-0.1, -0.05) is 28.1 Å². The van der Waals surface area contributed by atoms with Gasteiger partial charge in [-0.25, -0.2) is 4.98 Å². The second-order valence-corrected chi connectivity index (χ2v) is 5.70. The molecule has 17 heavy (non-hydrogen) atoms. The molecule has 1 aromatic heterocycles. The summed E-state index contributed by atoms with van der Waals surface area (Å²) in [6, 6.07) is 8.07. The van der Waals surface area contributed by atoms with Crippen LogP contribution in [0.3, 0.4) is 0 Å². The molecular weight excluding hydrogens is 298 g/mol. The first-order valence-corrected chi connectivity index (χ1v) is 7.02. The second kappa shape index (κ2) is 5.56. The Morgan fingerprint density at radius 3 is 3.00 bits per heavy atom. The molecule has 2 nitrogen and oxygen atoms in total. The molecule has 0 amide bonds. The molecule has 0 spiro atoms. The van der Waals surface area contributed by atoms with Crippen LogP contribution in [0.15, 0.2) is 34.1 Å². The monoisotopic (exact) mass is 309 g/mol. The highest BCUT2D eigenvalue weighted by molar-refractivity contribution is 9.10. The molecule has 0 radical (unpaired) electrons. The first kappa shape index (κ1) is 12.5. The zero-order valence-electron chi connectivity index (χ0n) is 9.44. The van der Waals surface area contributed by atoms with E-state index < -0.39 is 0 Å². The number of benzene rings is 1. The summed E-state index contributed by atoms with van der Waals surface area (Å²) in [6.45, 7) is 1.61. The van der Waals surface area contributed by atoms with E-state index in [9.17, 15) is 4.79 Å². The van der Waals surface area contributed by atoms with Gasteiger partial charge in [-0.15, -0.1) is 11.3 Å². The van der Waals surface area contributed by atoms with Gasteiger partial charge >= 0.3 is 0 Å². The summed E-state index contributed by atoms with van der Waals surface area (Å²) in [5.74, 6) is 0.212. The van der Waals surface area contributed by atoms with Gasteiger partial charge in [0.2, 0.25) is 0 Å². The smallest absolute Gasteiger partial charge is 0.130 e. The molecule has 0 atom stereocenters. The Bertz CT molecular complexity index is 536. The largest absolute Gasteiger partial charge is 0.300 e. The number of rotatable bonds is 4. The third-order valence-electron chi connectivity index (χ3n) is 2.36. The number of thiazole rings is 1. The lowest BCUT2D eigenvalue weighted by Crippen LogP contribution is -1.93. The van der Waals surface area contributed by atoms with Crippen molar-refractivity contribution in [3.05, 3.63) is 39.1 Å². The van der Waals surface area contributed by atoms with Crippen molar-refractivity contribution in [1.82, 2.24) is 4.98 Å². The maximum absolute atomic E-state index is 10.9. The van der Waals surface area contributed by atoms with Gasteiger partial charge in [-0.05, 0) is 19.1 Å². The number of carbonyl (C=O) groups is 1. The summed E-state index contributed by atoms with van der Waals surface area (Å²) in [5, 5.41) is 3.06. The standard InChI is InChI=1S/C13H12BrNOS/c1-9(16)5-6-13-15-12(8-17-13)10-3-2-4-11(14)7-10/h2-4,7-8H,5-6H2,1H3. The maximum atomic E-state index is 10.9. The minimum atomic E-state index is 0.212. The van der Waals surface area contributed by atoms with Crippen LogP contribution in [-0.2, 0) is 11.2 Å².